The molecule has 0 N–H and O–H groups in total. The molecule has 1 atom stereocenters. The summed E-state index contributed by atoms with van der Waals surface area (Å²) in [6.45, 7) is 7.12. The van der Waals surface area contributed by atoms with Crippen LogP contribution in [0.1, 0.15) is 56.8 Å². The van der Waals surface area contributed by atoms with Gasteiger partial charge in [-0.25, -0.2) is 8.42 Å². The number of carbonyl (C=O) groups is 1. The predicted octanol–water partition coefficient (Wildman–Crippen LogP) is 3.78. The van der Waals surface area contributed by atoms with Crippen LogP contribution < -0.4 is 0 Å². The van der Waals surface area contributed by atoms with Crippen LogP contribution in [-0.2, 0) is 10.0 Å². The molecule has 0 saturated carbocycles. The Morgan fingerprint density at radius 3 is 2.52 bits per heavy atom. The lowest BCUT2D eigenvalue weighted by Crippen LogP contribution is -2.43. The fourth-order valence-electron chi connectivity index (χ4n) is 3.39. The van der Waals surface area contributed by atoms with Crippen LogP contribution in [0.4, 0.5) is 0 Å². The molecule has 1 heterocycles. The van der Waals surface area contributed by atoms with E-state index in [-0.39, 0.29) is 22.4 Å². The Labute approximate surface area is 156 Å². The topological polar surface area (TPSA) is 57.7 Å². The Morgan fingerprint density at radius 2 is 1.92 bits per heavy atom. The minimum atomic E-state index is -3.62. The second kappa shape index (κ2) is 8.52. The molecule has 0 bridgehead atoms. The fourth-order valence-corrected chi connectivity index (χ4v) is 5.07. The van der Waals surface area contributed by atoms with Crippen molar-refractivity contribution in [2.75, 3.05) is 19.6 Å². The van der Waals surface area contributed by atoms with E-state index in [0.717, 1.165) is 25.7 Å². The Hall–Kier alpha value is -1.11. The summed E-state index contributed by atoms with van der Waals surface area (Å²) in [5, 5.41) is 0.295. The summed E-state index contributed by atoms with van der Waals surface area (Å²) in [6.07, 6.45) is 3.96. The monoisotopic (exact) mass is 386 g/mol. The Kier molecular flexibility index (Phi) is 6.88. The molecule has 0 aromatic heterocycles. The molecule has 7 heteroatoms. The van der Waals surface area contributed by atoms with Crippen molar-refractivity contribution in [1.82, 2.24) is 9.21 Å². The predicted molar refractivity (Wildman–Crippen MR) is 101 cm³/mol. The quantitative estimate of drug-likeness (QED) is 0.747. The van der Waals surface area contributed by atoms with Gasteiger partial charge < -0.3 is 4.90 Å². The number of amides is 1. The number of carbonyl (C=O) groups excluding carboxylic acids is 1. The number of sulfonamides is 1. The number of nitrogens with zero attached hydrogens (tertiary/aromatic N) is 2. The molecule has 1 aromatic rings. The third kappa shape index (κ3) is 4.18. The molecule has 1 aliphatic rings. The number of piperidine rings is 1. The van der Waals surface area contributed by atoms with Crippen molar-refractivity contribution in [3.8, 4) is 0 Å². The van der Waals surface area contributed by atoms with Crippen molar-refractivity contribution in [1.29, 1.82) is 0 Å². The number of benzene rings is 1. The Bertz CT molecular complexity index is 717. The average Bonchev–Trinajstić information content (AvgIpc) is 2.62. The van der Waals surface area contributed by atoms with Gasteiger partial charge in [0.1, 0.15) is 0 Å². The molecule has 1 unspecified atom stereocenters. The molecule has 0 spiro atoms. The molecule has 140 valence electrons. The first-order chi connectivity index (χ1) is 11.9. The lowest BCUT2D eigenvalue weighted by Gasteiger charge is -2.35. The van der Waals surface area contributed by atoms with Gasteiger partial charge in [-0.1, -0.05) is 32.4 Å². The molecule has 0 aliphatic carbocycles. The maximum absolute atomic E-state index is 13.0. The molecular weight excluding hydrogens is 360 g/mol. The molecule has 25 heavy (non-hydrogen) atoms. The van der Waals surface area contributed by atoms with Gasteiger partial charge in [0, 0.05) is 25.7 Å². The van der Waals surface area contributed by atoms with E-state index < -0.39 is 10.0 Å². The van der Waals surface area contributed by atoms with Gasteiger partial charge in [0.15, 0.2) is 0 Å². The van der Waals surface area contributed by atoms with E-state index in [4.69, 9.17) is 11.6 Å². The highest BCUT2D eigenvalue weighted by atomic mass is 35.5. The second-order valence-electron chi connectivity index (χ2n) is 6.29. The highest BCUT2D eigenvalue weighted by Gasteiger charge is 2.29. The molecule has 1 saturated heterocycles. The van der Waals surface area contributed by atoms with Crippen LogP contribution in [0.25, 0.3) is 0 Å². The van der Waals surface area contributed by atoms with E-state index >= 15 is 0 Å². The Balaban J connectivity index is 2.40. The third-order valence-electron chi connectivity index (χ3n) is 4.87. The molecule has 5 nitrogen and oxygen atoms in total. The summed E-state index contributed by atoms with van der Waals surface area (Å²) in [7, 11) is -3.62. The molecule has 1 aliphatic heterocycles. The van der Waals surface area contributed by atoms with Gasteiger partial charge in [0.2, 0.25) is 10.0 Å². The van der Waals surface area contributed by atoms with Crippen LogP contribution in [0.2, 0.25) is 5.02 Å². The van der Waals surface area contributed by atoms with E-state index in [9.17, 15) is 13.2 Å². The molecular formula is C18H27ClN2O3S. The second-order valence-corrected chi connectivity index (χ2v) is 8.63. The normalized spacial score (nSPS) is 18.6. The summed E-state index contributed by atoms with van der Waals surface area (Å²) in [5.41, 5.74) is 0.273. The van der Waals surface area contributed by atoms with E-state index in [1.54, 1.807) is 13.8 Å². The third-order valence-corrected chi connectivity index (χ3v) is 7.25. The first-order valence-corrected chi connectivity index (χ1v) is 10.8. The zero-order valence-corrected chi connectivity index (χ0v) is 16.7. The van der Waals surface area contributed by atoms with Crippen molar-refractivity contribution in [2.45, 2.75) is 57.4 Å². The number of rotatable bonds is 6. The molecule has 1 aromatic carbocycles. The molecule has 2 rings (SSSR count). The van der Waals surface area contributed by atoms with Crippen molar-refractivity contribution < 1.29 is 13.2 Å². The van der Waals surface area contributed by atoms with E-state index in [1.165, 1.54) is 22.5 Å². The number of halogens is 1. The lowest BCUT2D eigenvalue weighted by molar-refractivity contribution is 0.0608. The van der Waals surface area contributed by atoms with Crippen LogP contribution in [0.3, 0.4) is 0 Å². The molecule has 1 amide bonds. The maximum atomic E-state index is 13.0. The summed E-state index contributed by atoms with van der Waals surface area (Å²) in [4.78, 5) is 15.0. The van der Waals surface area contributed by atoms with Gasteiger partial charge in [0.05, 0.1) is 15.5 Å². The van der Waals surface area contributed by atoms with Crippen LogP contribution in [0.5, 0.6) is 0 Å². The first-order valence-electron chi connectivity index (χ1n) is 8.97. The van der Waals surface area contributed by atoms with Crippen molar-refractivity contribution >= 4 is 27.5 Å². The van der Waals surface area contributed by atoms with Crippen LogP contribution in [0.15, 0.2) is 23.1 Å². The van der Waals surface area contributed by atoms with Crippen LogP contribution >= 0.6 is 11.6 Å². The van der Waals surface area contributed by atoms with E-state index in [0.29, 0.717) is 24.7 Å². The smallest absolute Gasteiger partial charge is 0.255 e. The first kappa shape index (κ1) is 20.2. The van der Waals surface area contributed by atoms with Gasteiger partial charge in [-0.15, -0.1) is 0 Å². The minimum Gasteiger partial charge on any atom is -0.336 e. The largest absolute Gasteiger partial charge is 0.336 e. The lowest BCUT2D eigenvalue weighted by atomic mass is 9.99. The summed E-state index contributed by atoms with van der Waals surface area (Å²) in [5.74, 6) is -0.173. The number of hydrogen-bond donors (Lipinski definition) is 0. The maximum Gasteiger partial charge on any atom is 0.255 e. The van der Waals surface area contributed by atoms with Crippen molar-refractivity contribution in [3.63, 3.8) is 0 Å². The number of hydrogen-bond acceptors (Lipinski definition) is 3. The van der Waals surface area contributed by atoms with Crippen molar-refractivity contribution in [3.05, 3.63) is 28.8 Å². The van der Waals surface area contributed by atoms with E-state index in [1.807, 2.05) is 4.90 Å². The summed E-state index contributed by atoms with van der Waals surface area (Å²) >= 11 is 6.24. The number of likely N-dealkylation sites (tertiary alicyclic amines) is 1. The fraction of sp³-hybridized carbons (Fsp3) is 0.611. The van der Waals surface area contributed by atoms with Gasteiger partial charge in [0.25, 0.3) is 5.91 Å². The minimum absolute atomic E-state index is 0.119. The summed E-state index contributed by atoms with van der Waals surface area (Å²) in [6, 6.07) is 4.61. The SMILES string of the molecule is CCC1CCCCN1C(=O)c1cc(S(=O)(=O)N(CC)CC)ccc1Cl. The average molecular weight is 387 g/mol. The van der Waals surface area contributed by atoms with Gasteiger partial charge in [-0.3, -0.25) is 4.79 Å². The highest BCUT2D eigenvalue weighted by molar-refractivity contribution is 7.89. The standard InChI is InChI=1S/C18H27ClN2O3S/c1-4-14-9-7-8-12-21(14)18(22)16-13-15(10-11-17(16)19)25(23,24)20(5-2)6-3/h10-11,13-14H,4-9,12H2,1-3H3. The molecule has 0 radical (unpaired) electrons. The molecule has 1 fully saturated rings. The van der Waals surface area contributed by atoms with Crippen molar-refractivity contribution in [2.24, 2.45) is 0 Å². The van der Waals surface area contributed by atoms with Gasteiger partial charge in [-0.05, 0) is 43.9 Å². The van der Waals surface area contributed by atoms with Crippen LogP contribution in [0, 0.1) is 0 Å². The van der Waals surface area contributed by atoms with Gasteiger partial charge in [-0.2, -0.15) is 4.31 Å². The van der Waals surface area contributed by atoms with Crippen LogP contribution in [-0.4, -0.2) is 49.2 Å². The zero-order chi connectivity index (χ0) is 18.6. The Morgan fingerprint density at radius 1 is 1.24 bits per heavy atom. The van der Waals surface area contributed by atoms with E-state index in [2.05, 4.69) is 6.92 Å². The highest BCUT2D eigenvalue weighted by Crippen LogP contribution is 2.27. The van der Waals surface area contributed by atoms with Gasteiger partial charge >= 0.3 is 0 Å². The summed E-state index contributed by atoms with van der Waals surface area (Å²) < 4.78 is 26.8. The zero-order valence-electron chi connectivity index (χ0n) is 15.2.